The van der Waals surface area contributed by atoms with Gasteiger partial charge in [-0.1, -0.05) is 27.7 Å². The van der Waals surface area contributed by atoms with E-state index >= 15 is 0 Å². The molecule has 3 nitrogen and oxygen atoms in total. The first-order valence-electron chi connectivity index (χ1n) is 5.62. The third-order valence-corrected chi connectivity index (χ3v) is 2.25. The largest absolute Gasteiger partial charge is 0.305 e. The van der Waals surface area contributed by atoms with Crippen molar-refractivity contribution in [2.24, 2.45) is 5.92 Å². The molecule has 0 aliphatic carbocycles. The van der Waals surface area contributed by atoms with Crippen LogP contribution in [-0.4, -0.2) is 23.7 Å². The molecule has 0 fully saturated rings. The van der Waals surface area contributed by atoms with E-state index in [9.17, 15) is 9.59 Å². The molecule has 0 spiro atoms. The first kappa shape index (κ1) is 14.3. The summed E-state index contributed by atoms with van der Waals surface area (Å²) in [7, 11) is 0. The molecule has 0 aliphatic heterocycles. The van der Waals surface area contributed by atoms with Crippen LogP contribution in [0.1, 0.15) is 47.5 Å². The van der Waals surface area contributed by atoms with E-state index < -0.39 is 0 Å². The van der Waals surface area contributed by atoms with Crippen molar-refractivity contribution in [1.82, 2.24) is 5.32 Å². The SMILES string of the molecule is CC(=O)CCC(=O)C(NC(C)C)C(C)C. The van der Waals surface area contributed by atoms with Gasteiger partial charge in [-0.05, 0) is 12.8 Å². The van der Waals surface area contributed by atoms with Crippen LogP contribution < -0.4 is 5.32 Å². The van der Waals surface area contributed by atoms with Gasteiger partial charge in [0, 0.05) is 18.9 Å². The maximum absolute atomic E-state index is 11.8. The number of ketones is 2. The average Bonchev–Trinajstić information content (AvgIpc) is 2.09. The van der Waals surface area contributed by atoms with Crippen LogP contribution >= 0.6 is 0 Å². The van der Waals surface area contributed by atoms with E-state index in [1.165, 1.54) is 6.92 Å². The number of hydrogen-bond donors (Lipinski definition) is 1. The molecule has 1 N–H and O–H groups in total. The van der Waals surface area contributed by atoms with Crippen LogP contribution in [0.25, 0.3) is 0 Å². The summed E-state index contributed by atoms with van der Waals surface area (Å²) in [6.07, 6.45) is 0.722. The molecular formula is C12H23NO2. The van der Waals surface area contributed by atoms with E-state index in [0.717, 1.165) is 0 Å². The minimum atomic E-state index is -0.121. The van der Waals surface area contributed by atoms with E-state index in [1.807, 2.05) is 27.7 Å². The molecular weight excluding hydrogens is 190 g/mol. The normalized spacial score (nSPS) is 13.3. The molecule has 0 radical (unpaired) electrons. The summed E-state index contributed by atoms with van der Waals surface area (Å²) in [6, 6.07) is 0.169. The Bertz CT molecular complexity index is 222. The second-order valence-corrected chi connectivity index (χ2v) is 4.71. The van der Waals surface area contributed by atoms with Gasteiger partial charge in [0.15, 0.2) is 0 Å². The number of Topliss-reactive ketones (excluding diaryl/α,β-unsaturated/α-hetero) is 2. The van der Waals surface area contributed by atoms with Gasteiger partial charge in [0.05, 0.1) is 6.04 Å². The fourth-order valence-corrected chi connectivity index (χ4v) is 1.47. The van der Waals surface area contributed by atoms with Crippen molar-refractivity contribution in [3.63, 3.8) is 0 Å². The summed E-state index contributed by atoms with van der Waals surface area (Å²) in [4.78, 5) is 22.6. The molecule has 0 saturated carbocycles. The summed E-state index contributed by atoms with van der Waals surface area (Å²) in [5.41, 5.74) is 0. The molecule has 0 amide bonds. The highest BCUT2D eigenvalue weighted by Gasteiger charge is 2.22. The lowest BCUT2D eigenvalue weighted by molar-refractivity contribution is -0.125. The first-order valence-corrected chi connectivity index (χ1v) is 5.62. The molecule has 0 aliphatic rings. The van der Waals surface area contributed by atoms with Crippen LogP contribution in [-0.2, 0) is 9.59 Å². The van der Waals surface area contributed by atoms with E-state index in [2.05, 4.69) is 5.32 Å². The van der Waals surface area contributed by atoms with Gasteiger partial charge in [-0.2, -0.15) is 0 Å². The van der Waals surface area contributed by atoms with Crippen LogP contribution in [0.5, 0.6) is 0 Å². The predicted octanol–water partition coefficient (Wildman–Crippen LogP) is 1.95. The Kier molecular flexibility index (Phi) is 6.41. The lowest BCUT2D eigenvalue weighted by atomic mass is 9.96. The Hall–Kier alpha value is -0.700. The third kappa shape index (κ3) is 6.39. The Morgan fingerprint density at radius 1 is 1.07 bits per heavy atom. The number of carbonyl (C=O) groups excluding carboxylic acids is 2. The zero-order valence-corrected chi connectivity index (χ0v) is 10.5. The van der Waals surface area contributed by atoms with Crippen molar-refractivity contribution < 1.29 is 9.59 Å². The van der Waals surface area contributed by atoms with Crippen molar-refractivity contribution in [3.05, 3.63) is 0 Å². The minimum Gasteiger partial charge on any atom is -0.305 e. The summed E-state index contributed by atoms with van der Waals surface area (Å²) in [5.74, 6) is 0.496. The minimum absolute atomic E-state index is 0.0791. The van der Waals surface area contributed by atoms with Crippen molar-refractivity contribution in [2.45, 2.75) is 59.5 Å². The molecule has 0 saturated heterocycles. The predicted molar refractivity (Wildman–Crippen MR) is 61.8 cm³/mol. The molecule has 0 aromatic rings. The van der Waals surface area contributed by atoms with Gasteiger partial charge in [0.25, 0.3) is 0 Å². The number of rotatable bonds is 7. The zero-order valence-electron chi connectivity index (χ0n) is 10.5. The lowest BCUT2D eigenvalue weighted by Gasteiger charge is -2.23. The van der Waals surface area contributed by atoms with Crippen molar-refractivity contribution in [2.75, 3.05) is 0 Å². The number of hydrogen-bond acceptors (Lipinski definition) is 3. The van der Waals surface area contributed by atoms with E-state index in [-0.39, 0.29) is 23.5 Å². The van der Waals surface area contributed by atoms with Crippen LogP contribution in [0.4, 0.5) is 0 Å². The number of nitrogens with one attached hydrogen (secondary N) is 1. The summed E-state index contributed by atoms with van der Waals surface area (Å²) < 4.78 is 0. The molecule has 0 aromatic carbocycles. The van der Waals surface area contributed by atoms with Crippen LogP contribution in [0.15, 0.2) is 0 Å². The lowest BCUT2D eigenvalue weighted by Crippen LogP contribution is -2.44. The second-order valence-electron chi connectivity index (χ2n) is 4.71. The van der Waals surface area contributed by atoms with Crippen molar-refractivity contribution >= 4 is 11.6 Å². The highest BCUT2D eigenvalue weighted by atomic mass is 16.1. The van der Waals surface area contributed by atoms with Crippen LogP contribution in [0.3, 0.4) is 0 Å². The molecule has 0 rings (SSSR count). The van der Waals surface area contributed by atoms with E-state index in [4.69, 9.17) is 0 Å². The molecule has 15 heavy (non-hydrogen) atoms. The second kappa shape index (κ2) is 6.72. The number of carbonyl (C=O) groups is 2. The topological polar surface area (TPSA) is 46.2 Å². The maximum atomic E-state index is 11.8. The van der Waals surface area contributed by atoms with Gasteiger partial charge >= 0.3 is 0 Å². The highest BCUT2D eigenvalue weighted by Crippen LogP contribution is 2.08. The first-order chi connectivity index (χ1) is 6.84. The summed E-state index contributed by atoms with van der Waals surface area (Å²) in [6.45, 7) is 9.60. The van der Waals surface area contributed by atoms with Crippen LogP contribution in [0, 0.1) is 5.92 Å². The Morgan fingerprint density at radius 3 is 1.93 bits per heavy atom. The summed E-state index contributed by atoms with van der Waals surface area (Å²) in [5, 5.41) is 3.24. The van der Waals surface area contributed by atoms with Crippen molar-refractivity contribution in [3.8, 4) is 0 Å². The average molecular weight is 213 g/mol. The monoisotopic (exact) mass is 213 g/mol. The quantitative estimate of drug-likeness (QED) is 0.703. The standard InChI is InChI=1S/C12H23NO2/c1-8(2)12(13-9(3)4)11(15)7-6-10(5)14/h8-9,12-13H,6-7H2,1-5H3. The Balaban J connectivity index is 4.23. The van der Waals surface area contributed by atoms with Gasteiger partial charge in [0.1, 0.15) is 11.6 Å². The molecule has 0 heterocycles. The zero-order chi connectivity index (χ0) is 12.0. The van der Waals surface area contributed by atoms with E-state index in [0.29, 0.717) is 18.9 Å². The van der Waals surface area contributed by atoms with Gasteiger partial charge in [-0.3, -0.25) is 4.79 Å². The fourth-order valence-electron chi connectivity index (χ4n) is 1.47. The molecule has 1 unspecified atom stereocenters. The molecule has 1 atom stereocenters. The van der Waals surface area contributed by atoms with Gasteiger partial charge in [0.2, 0.25) is 0 Å². The Morgan fingerprint density at radius 2 is 1.60 bits per heavy atom. The van der Waals surface area contributed by atoms with E-state index in [1.54, 1.807) is 0 Å². The molecule has 88 valence electrons. The molecule has 0 aromatic heterocycles. The molecule has 3 heteroatoms. The third-order valence-electron chi connectivity index (χ3n) is 2.25. The fraction of sp³-hybridized carbons (Fsp3) is 0.833. The smallest absolute Gasteiger partial charge is 0.150 e. The molecule has 0 bridgehead atoms. The van der Waals surface area contributed by atoms with Gasteiger partial charge < -0.3 is 10.1 Å². The van der Waals surface area contributed by atoms with Gasteiger partial charge in [-0.25, -0.2) is 0 Å². The Labute approximate surface area is 92.6 Å². The maximum Gasteiger partial charge on any atom is 0.150 e. The van der Waals surface area contributed by atoms with Gasteiger partial charge in [-0.15, -0.1) is 0 Å². The highest BCUT2D eigenvalue weighted by molar-refractivity contribution is 5.88. The van der Waals surface area contributed by atoms with Crippen molar-refractivity contribution in [1.29, 1.82) is 0 Å². The van der Waals surface area contributed by atoms with Crippen LogP contribution in [0.2, 0.25) is 0 Å². The summed E-state index contributed by atoms with van der Waals surface area (Å²) >= 11 is 0.